The van der Waals surface area contributed by atoms with Gasteiger partial charge in [-0.1, -0.05) is 136 Å². The summed E-state index contributed by atoms with van der Waals surface area (Å²) in [6, 6.07) is 6.36. The van der Waals surface area contributed by atoms with Crippen LogP contribution in [0.2, 0.25) is 0 Å². The number of anilines is 1. The van der Waals surface area contributed by atoms with Crippen LogP contribution in [0.1, 0.15) is 154 Å². The van der Waals surface area contributed by atoms with Crippen LogP contribution < -0.4 is 20.9 Å². The first kappa shape index (κ1) is 36.3. The highest BCUT2D eigenvalue weighted by Gasteiger charge is 2.08. The number of aliphatic hydroxyl groups excluding tert-OH is 1. The number of likely N-dealkylation sites (N-methyl/N-ethyl adjacent to an activating group) is 1. The maximum Gasteiger partial charge on any atom is 0.121 e. The van der Waals surface area contributed by atoms with Crippen LogP contribution in [0.4, 0.5) is 5.69 Å². The number of rotatable bonds is 28. The molecule has 0 bridgehead atoms. The van der Waals surface area contributed by atoms with Crippen LogP contribution in [0.25, 0.3) is 0 Å². The van der Waals surface area contributed by atoms with Crippen molar-refractivity contribution in [2.75, 3.05) is 25.3 Å². The number of unbranched alkanes of at least 4 members (excludes halogenated alkanes) is 19. The molecule has 5 heteroatoms. The summed E-state index contributed by atoms with van der Waals surface area (Å²) in [6.45, 7) is 5.22. The summed E-state index contributed by atoms with van der Waals surface area (Å²) >= 11 is 0. The molecule has 0 fully saturated rings. The van der Waals surface area contributed by atoms with Crippen LogP contribution in [0.15, 0.2) is 30.1 Å². The minimum Gasteiger partial charge on any atom is -0.494 e. The van der Waals surface area contributed by atoms with E-state index in [0.29, 0.717) is 5.70 Å². The third-order valence-corrected chi connectivity index (χ3v) is 7.87. The highest BCUT2D eigenvalue weighted by atomic mass is 16.5. The molecule has 0 radical (unpaired) electrons. The van der Waals surface area contributed by atoms with Crippen molar-refractivity contribution in [2.24, 2.45) is 5.84 Å². The number of hydrogen-bond donors (Lipinski definition) is 3. The SMILES string of the molecule is CCCCCCCCCCCCCCCc1cc(OCCCCCCCCCC)cc(N(N)/C=C(/CO)NC)c1. The van der Waals surface area contributed by atoms with Crippen molar-refractivity contribution >= 4 is 5.69 Å². The molecule has 0 saturated heterocycles. The van der Waals surface area contributed by atoms with Crippen molar-refractivity contribution < 1.29 is 9.84 Å². The van der Waals surface area contributed by atoms with Gasteiger partial charge in [0, 0.05) is 19.3 Å². The molecule has 0 unspecified atom stereocenters. The van der Waals surface area contributed by atoms with E-state index in [1.54, 1.807) is 18.3 Å². The Bertz CT molecular complexity index is 731. The number of aliphatic hydroxyl groups is 1. The summed E-state index contributed by atoms with van der Waals surface area (Å²) in [5, 5.41) is 14.1. The largest absolute Gasteiger partial charge is 0.494 e. The molecule has 0 aliphatic heterocycles. The lowest BCUT2D eigenvalue weighted by molar-refractivity contribution is 0.304. The van der Waals surface area contributed by atoms with Crippen molar-refractivity contribution in [3.8, 4) is 5.75 Å². The summed E-state index contributed by atoms with van der Waals surface area (Å²) in [5.74, 6) is 7.25. The molecule has 0 saturated carbocycles. The number of hydrazine groups is 1. The fourth-order valence-corrected chi connectivity index (χ4v) is 5.22. The topological polar surface area (TPSA) is 70.8 Å². The highest BCUT2D eigenvalue weighted by molar-refractivity contribution is 5.54. The van der Waals surface area contributed by atoms with E-state index in [-0.39, 0.29) is 6.61 Å². The monoisotopic (exact) mass is 560 g/mol. The Morgan fingerprint density at radius 1 is 0.725 bits per heavy atom. The third-order valence-electron chi connectivity index (χ3n) is 7.87. The maximum absolute atomic E-state index is 9.53. The van der Waals surface area contributed by atoms with E-state index in [2.05, 4.69) is 31.3 Å². The molecule has 1 aromatic rings. The second kappa shape index (κ2) is 26.2. The van der Waals surface area contributed by atoms with Gasteiger partial charge in [-0.05, 0) is 37.0 Å². The van der Waals surface area contributed by atoms with Gasteiger partial charge in [0.25, 0.3) is 0 Å². The van der Waals surface area contributed by atoms with Crippen LogP contribution in [0.5, 0.6) is 5.75 Å². The van der Waals surface area contributed by atoms with Gasteiger partial charge in [-0.3, -0.25) is 5.01 Å². The fraction of sp³-hybridized carbons (Fsp3) is 0.771. The van der Waals surface area contributed by atoms with Gasteiger partial charge in [0.05, 0.1) is 24.6 Å². The van der Waals surface area contributed by atoms with Gasteiger partial charge in [-0.25, -0.2) is 5.84 Å². The Morgan fingerprint density at radius 3 is 1.68 bits per heavy atom. The third kappa shape index (κ3) is 19.4. The summed E-state index contributed by atoms with van der Waals surface area (Å²) in [6.07, 6.45) is 30.9. The van der Waals surface area contributed by atoms with Gasteiger partial charge in [-0.2, -0.15) is 0 Å². The Labute approximate surface area is 248 Å². The van der Waals surface area contributed by atoms with E-state index < -0.39 is 0 Å². The zero-order valence-electron chi connectivity index (χ0n) is 26.7. The van der Waals surface area contributed by atoms with Crippen LogP contribution in [-0.2, 0) is 6.42 Å². The minimum absolute atomic E-state index is 0.0787. The summed E-state index contributed by atoms with van der Waals surface area (Å²) in [5.41, 5.74) is 2.83. The molecule has 5 nitrogen and oxygen atoms in total. The average Bonchev–Trinajstić information content (AvgIpc) is 2.97. The summed E-state index contributed by atoms with van der Waals surface area (Å²) in [7, 11) is 1.79. The van der Waals surface area contributed by atoms with Crippen LogP contribution >= 0.6 is 0 Å². The second-order valence-electron chi connectivity index (χ2n) is 11.6. The fourth-order valence-electron chi connectivity index (χ4n) is 5.22. The first-order valence-corrected chi connectivity index (χ1v) is 16.9. The molecule has 4 N–H and O–H groups in total. The standard InChI is InChI=1S/C35H65N3O2/c1-4-6-8-10-12-14-15-16-17-18-19-21-23-25-32-27-34(38(36)30-33(31-39)37-3)29-35(28-32)40-26-24-22-20-13-11-9-7-5-2/h27-30,37,39H,4-26,31,36H2,1-3H3/b33-30-. The van der Waals surface area contributed by atoms with Crippen molar-refractivity contribution in [1.82, 2.24) is 5.32 Å². The highest BCUT2D eigenvalue weighted by Crippen LogP contribution is 2.25. The Hall–Kier alpha value is -1.72. The molecule has 0 amide bonds. The zero-order valence-corrected chi connectivity index (χ0v) is 26.7. The van der Waals surface area contributed by atoms with Crippen LogP contribution in [-0.4, -0.2) is 25.4 Å². The van der Waals surface area contributed by atoms with Gasteiger partial charge >= 0.3 is 0 Å². The predicted octanol–water partition coefficient (Wildman–Crippen LogP) is 9.57. The second-order valence-corrected chi connectivity index (χ2v) is 11.6. The summed E-state index contributed by atoms with van der Waals surface area (Å²) in [4.78, 5) is 0. The van der Waals surface area contributed by atoms with Crippen molar-refractivity contribution in [2.45, 2.75) is 155 Å². The number of aryl methyl sites for hydroxylation is 1. The zero-order chi connectivity index (χ0) is 29.1. The molecule has 0 atom stereocenters. The minimum atomic E-state index is -0.0787. The molecule has 0 aromatic heterocycles. The molecule has 0 aliphatic carbocycles. The molecule has 0 heterocycles. The van der Waals surface area contributed by atoms with E-state index in [1.807, 2.05) is 6.07 Å². The maximum atomic E-state index is 9.53. The van der Waals surface area contributed by atoms with Gasteiger partial charge in [0.1, 0.15) is 5.75 Å². The Morgan fingerprint density at radius 2 is 1.20 bits per heavy atom. The van der Waals surface area contributed by atoms with E-state index in [0.717, 1.165) is 30.9 Å². The lowest BCUT2D eigenvalue weighted by atomic mass is 10.0. The normalized spacial score (nSPS) is 11.7. The number of nitrogens with zero attached hydrogens (tertiary/aromatic N) is 1. The van der Waals surface area contributed by atoms with Crippen LogP contribution in [0.3, 0.4) is 0 Å². The molecular weight excluding hydrogens is 494 g/mol. The van der Waals surface area contributed by atoms with Crippen LogP contribution in [0, 0.1) is 0 Å². The summed E-state index contributed by atoms with van der Waals surface area (Å²) < 4.78 is 6.19. The molecular formula is C35H65N3O2. The Kier molecular flexibility index (Phi) is 23.8. The molecule has 0 aliphatic rings. The molecule has 1 aromatic carbocycles. The van der Waals surface area contributed by atoms with Crippen molar-refractivity contribution in [3.63, 3.8) is 0 Å². The van der Waals surface area contributed by atoms with Crippen molar-refractivity contribution in [1.29, 1.82) is 0 Å². The number of benzene rings is 1. The molecule has 0 spiro atoms. The first-order valence-electron chi connectivity index (χ1n) is 16.9. The average molecular weight is 560 g/mol. The van der Waals surface area contributed by atoms with E-state index in [1.165, 1.54) is 134 Å². The van der Waals surface area contributed by atoms with Gasteiger partial charge in [-0.15, -0.1) is 0 Å². The van der Waals surface area contributed by atoms with E-state index >= 15 is 0 Å². The quantitative estimate of drug-likeness (QED) is 0.0541. The lowest BCUT2D eigenvalue weighted by Gasteiger charge is -2.19. The lowest BCUT2D eigenvalue weighted by Crippen LogP contribution is -2.27. The smallest absolute Gasteiger partial charge is 0.121 e. The number of nitrogens with two attached hydrogens (primary N) is 1. The van der Waals surface area contributed by atoms with E-state index in [9.17, 15) is 5.11 Å². The van der Waals surface area contributed by atoms with Gasteiger partial charge in [0.2, 0.25) is 0 Å². The number of ether oxygens (including phenoxy) is 1. The predicted molar refractivity (Wildman–Crippen MR) is 175 cm³/mol. The van der Waals surface area contributed by atoms with Gasteiger partial charge < -0.3 is 15.2 Å². The van der Waals surface area contributed by atoms with Gasteiger partial charge in [0.15, 0.2) is 0 Å². The van der Waals surface area contributed by atoms with E-state index in [4.69, 9.17) is 10.6 Å². The number of hydrogen-bond acceptors (Lipinski definition) is 5. The molecule has 232 valence electrons. The number of nitrogens with one attached hydrogen (secondary N) is 1. The first-order chi connectivity index (χ1) is 19.6. The molecule has 40 heavy (non-hydrogen) atoms. The van der Waals surface area contributed by atoms with Crippen molar-refractivity contribution in [3.05, 3.63) is 35.7 Å². The Balaban J connectivity index is 2.44. The molecule has 1 rings (SSSR count).